The summed E-state index contributed by atoms with van der Waals surface area (Å²) in [5, 5.41) is 2.89. The fourth-order valence-corrected chi connectivity index (χ4v) is 2.47. The van der Waals surface area contributed by atoms with Crippen molar-refractivity contribution in [3.8, 4) is 11.5 Å². The first-order valence-electron chi connectivity index (χ1n) is 9.14. The molecule has 0 aliphatic heterocycles. The van der Waals surface area contributed by atoms with Crippen molar-refractivity contribution in [2.45, 2.75) is 39.2 Å². The summed E-state index contributed by atoms with van der Waals surface area (Å²) in [6.07, 6.45) is 2.03. The monoisotopic (exact) mass is 392 g/mol. The van der Waals surface area contributed by atoms with Gasteiger partial charge in [-0.3, -0.25) is 4.79 Å². The molecule has 0 aliphatic rings. The molecule has 0 aliphatic carbocycles. The highest BCUT2D eigenvalue weighted by molar-refractivity contribution is 5.91. The van der Waals surface area contributed by atoms with Gasteiger partial charge in [-0.25, -0.2) is 0 Å². The first-order valence-corrected chi connectivity index (χ1v) is 9.14. The zero-order chi connectivity index (χ0) is 18.8. The van der Waals surface area contributed by atoms with Gasteiger partial charge in [0, 0.05) is 24.2 Å². The fourth-order valence-electron chi connectivity index (χ4n) is 2.47. The molecule has 1 unspecified atom stereocenters. The fraction of sp³-hybridized carbons (Fsp3) is 0.381. The summed E-state index contributed by atoms with van der Waals surface area (Å²) in [7, 11) is 0. The Morgan fingerprint density at radius 3 is 2.26 bits per heavy atom. The molecule has 2 rings (SSSR count). The van der Waals surface area contributed by atoms with E-state index in [1.807, 2.05) is 49.4 Å². The molecular formula is C21H29ClN2O3. The molecule has 0 heterocycles. The van der Waals surface area contributed by atoms with Crippen molar-refractivity contribution in [3.63, 3.8) is 0 Å². The Morgan fingerprint density at radius 1 is 1.00 bits per heavy atom. The number of hydrogen-bond acceptors (Lipinski definition) is 4. The van der Waals surface area contributed by atoms with Crippen molar-refractivity contribution < 1.29 is 14.3 Å². The van der Waals surface area contributed by atoms with Crippen molar-refractivity contribution in [2.75, 3.05) is 18.5 Å². The summed E-state index contributed by atoms with van der Waals surface area (Å²) >= 11 is 0. The molecular weight excluding hydrogens is 364 g/mol. The highest BCUT2D eigenvalue weighted by atomic mass is 35.5. The number of anilines is 1. The first-order chi connectivity index (χ1) is 12.6. The van der Waals surface area contributed by atoms with Crippen LogP contribution in [0.4, 0.5) is 5.69 Å². The van der Waals surface area contributed by atoms with E-state index in [2.05, 4.69) is 12.2 Å². The SMILES string of the molecule is CCCOc1ccc(NC(=O)CC(N)c2ccccc2)cc1OCCC.Cl. The Kier molecular flexibility index (Phi) is 10.3. The lowest BCUT2D eigenvalue weighted by Crippen LogP contribution is -2.20. The molecule has 27 heavy (non-hydrogen) atoms. The highest BCUT2D eigenvalue weighted by Gasteiger charge is 2.13. The minimum atomic E-state index is -0.334. The lowest BCUT2D eigenvalue weighted by Gasteiger charge is -2.15. The van der Waals surface area contributed by atoms with Crippen LogP contribution in [-0.4, -0.2) is 19.1 Å². The van der Waals surface area contributed by atoms with E-state index in [9.17, 15) is 4.79 Å². The second-order valence-corrected chi connectivity index (χ2v) is 6.13. The van der Waals surface area contributed by atoms with Crippen LogP contribution in [-0.2, 0) is 4.79 Å². The number of benzene rings is 2. The van der Waals surface area contributed by atoms with E-state index in [-0.39, 0.29) is 30.8 Å². The average Bonchev–Trinajstić information content (AvgIpc) is 2.66. The summed E-state index contributed by atoms with van der Waals surface area (Å²) in [6, 6.07) is 14.7. The van der Waals surface area contributed by atoms with E-state index >= 15 is 0 Å². The third-order valence-corrected chi connectivity index (χ3v) is 3.78. The first kappa shape index (κ1) is 22.8. The lowest BCUT2D eigenvalue weighted by atomic mass is 10.0. The van der Waals surface area contributed by atoms with E-state index in [0.29, 0.717) is 30.4 Å². The topological polar surface area (TPSA) is 73.6 Å². The standard InChI is InChI=1S/C21H28N2O3.ClH/c1-3-12-25-19-11-10-17(14-20(19)26-13-4-2)23-21(24)15-18(22)16-8-6-5-7-9-16;/h5-11,14,18H,3-4,12-13,15,22H2,1-2H3,(H,23,24);1H. The van der Waals surface area contributed by atoms with E-state index in [1.54, 1.807) is 6.07 Å². The number of nitrogens with one attached hydrogen (secondary N) is 1. The second-order valence-electron chi connectivity index (χ2n) is 6.13. The highest BCUT2D eigenvalue weighted by Crippen LogP contribution is 2.31. The van der Waals surface area contributed by atoms with Gasteiger partial charge < -0.3 is 20.5 Å². The third-order valence-electron chi connectivity index (χ3n) is 3.78. The Balaban J connectivity index is 0.00000364. The van der Waals surface area contributed by atoms with E-state index in [4.69, 9.17) is 15.2 Å². The molecule has 1 amide bonds. The maximum Gasteiger partial charge on any atom is 0.226 e. The van der Waals surface area contributed by atoms with Crippen molar-refractivity contribution in [1.82, 2.24) is 0 Å². The molecule has 148 valence electrons. The van der Waals surface area contributed by atoms with Gasteiger partial charge in [0.1, 0.15) is 0 Å². The summed E-state index contributed by atoms with van der Waals surface area (Å²) in [6.45, 7) is 5.32. The van der Waals surface area contributed by atoms with Crippen LogP contribution in [0.3, 0.4) is 0 Å². The van der Waals surface area contributed by atoms with Gasteiger partial charge >= 0.3 is 0 Å². The summed E-state index contributed by atoms with van der Waals surface area (Å²) in [5.41, 5.74) is 7.73. The van der Waals surface area contributed by atoms with E-state index in [1.165, 1.54) is 0 Å². The van der Waals surface area contributed by atoms with Crippen LogP contribution < -0.4 is 20.5 Å². The van der Waals surface area contributed by atoms with Gasteiger partial charge in [-0.15, -0.1) is 12.4 Å². The van der Waals surface area contributed by atoms with Crippen molar-refractivity contribution in [1.29, 1.82) is 0 Å². The van der Waals surface area contributed by atoms with Gasteiger partial charge in [-0.1, -0.05) is 44.2 Å². The predicted molar refractivity (Wildman–Crippen MR) is 112 cm³/mol. The summed E-state index contributed by atoms with van der Waals surface area (Å²) in [4.78, 5) is 12.3. The molecule has 0 fully saturated rings. The Bertz CT molecular complexity index is 695. The zero-order valence-electron chi connectivity index (χ0n) is 15.9. The largest absolute Gasteiger partial charge is 0.490 e. The van der Waals surface area contributed by atoms with Crippen LogP contribution in [0.25, 0.3) is 0 Å². The number of amides is 1. The van der Waals surface area contributed by atoms with Gasteiger partial charge in [0.25, 0.3) is 0 Å². The van der Waals surface area contributed by atoms with Crippen LogP contribution in [0.2, 0.25) is 0 Å². The van der Waals surface area contributed by atoms with Gasteiger partial charge in [0.05, 0.1) is 13.2 Å². The number of nitrogens with two attached hydrogens (primary N) is 1. The minimum absolute atomic E-state index is 0. The quantitative estimate of drug-likeness (QED) is 0.613. The van der Waals surface area contributed by atoms with Gasteiger partial charge in [0.2, 0.25) is 5.91 Å². The summed E-state index contributed by atoms with van der Waals surface area (Å²) in [5.74, 6) is 1.20. The molecule has 2 aromatic rings. The van der Waals surface area contributed by atoms with Crippen LogP contribution >= 0.6 is 12.4 Å². The summed E-state index contributed by atoms with van der Waals surface area (Å²) < 4.78 is 11.5. The molecule has 3 N–H and O–H groups in total. The van der Waals surface area contributed by atoms with Crippen LogP contribution in [0.5, 0.6) is 11.5 Å². The lowest BCUT2D eigenvalue weighted by molar-refractivity contribution is -0.116. The number of hydrogen-bond donors (Lipinski definition) is 2. The third kappa shape index (κ3) is 7.49. The number of halogens is 1. The molecule has 1 atom stereocenters. The maximum atomic E-state index is 12.3. The Hall–Kier alpha value is -2.24. The van der Waals surface area contributed by atoms with Crippen molar-refractivity contribution in [2.24, 2.45) is 5.73 Å². The maximum absolute atomic E-state index is 12.3. The Labute approximate surface area is 167 Å². The molecule has 0 bridgehead atoms. The molecule has 0 spiro atoms. The van der Waals surface area contributed by atoms with Gasteiger partial charge in [-0.05, 0) is 30.5 Å². The molecule has 6 heteroatoms. The van der Waals surface area contributed by atoms with Gasteiger partial charge in [-0.2, -0.15) is 0 Å². The van der Waals surface area contributed by atoms with E-state index in [0.717, 1.165) is 18.4 Å². The normalized spacial score (nSPS) is 11.2. The van der Waals surface area contributed by atoms with Crippen LogP contribution in [0.1, 0.15) is 44.7 Å². The number of rotatable bonds is 10. The average molecular weight is 393 g/mol. The number of ether oxygens (including phenoxy) is 2. The van der Waals surface area contributed by atoms with Gasteiger partial charge in [0.15, 0.2) is 11.5 Å². The van der Waals surface area contributed by atoms with Crippen molar-refractivity contribution in [3.05, 3.63) is 54.1 Å². The second kappa shape index (κ2) is 12.2. The van der Waals surface area contributed by atoms with E-state index < -0.39 is 0 Å². The minimum Gasteiger partial charge on any atom is -0.490 e. The molecule has 5 nitrogen and oxygen atoms in total. The Morgan fingerprint density at radius 2 is 1.63 bits per heavy atom. The molecule has 0 saturated carbocycles. The smallest absolute Gasteiger partial charge is 0.226 e. The van der Waals surface area contributed by atoms with Crippen LogP contribution in [0, 0.1) is 0 Å². The molecule has 0 aromatic heterocycles. The molecule has 2 aromatic carbocycles. The predicted octanol–water partition coefficient (Wildman–Crippen LogP) is 4.71. The van der Waals surface area contributed by atoms with Crippen LogP contribution in [0.15, 0.2) is 48.5 Å². The number of carbonyl (C=O) groups excluding carboxylic acids is 1. The van der Waals surface area contributed by atoms with Crippen molar-refractivity contribution >= 4 is 24.0 Å². The number of carbonyl (C=O) groups is 1. The molecule has 0 radical (unpaired) electrons. The zero-order valence-corrected chi connectivity index (χ0v) is 16.8. The molecule has 0 saturated heterocycles.